The highest BCUT2D eigenvalue weighted by Gasteiger charge is 2.24. The zero-order valence-corrected chi connectivity index (χ0v) is 12.1. The van der Waals surface area contributed by atoms with Crippen LogP contribution in [0, 0.1) is 11.2 Å². The maximum atomic E-state index is 13.3. The van der Waals surface area contributed by atoms with E-state index in [1.54, 1.807) is 6.07 Å². The quantitative estimate of drug-likeness (QED) is 0.875. The zero-order chi connectivity index (χ0) is 14.8. The summed E-state index contributed by atoms with van der Waals surface area (Å²) >= 11 is 0. The van der Waals surface area contributed by atoms with Gasteiger partial charge in [-0.05, 0) is 23.6 Å². The van der Waals surface area contributed by atoms with E-state index in [4.69, 9.17) is 4.74 Å². The highest BCUT2D eigenvalue weighted by molar-refractivity contribution is 5.74. The molecule has 1 aliphatic rings. The van der Waals surface area contributed by atoms with E-state index in [1.165, 1.54) is 12.1 Å². The number of rotatable bonds is 2. The van der Waals surface area contributed by atoms with Gasteiger partial charge in [0.05, 0.1) is 12.6 Å². The van der Waals surface area contributed by atoms with E-state index >= 15 is 0 Å². The van der Waals surface area contributed by atoms with Crippen molar-refractivity contribution in [2.45, 2.75) is 33.2 Å². The van der Waals surface area contributed by atoms with Crippen LogP contribution < -0.4 is 15.4 Å². The molecule has 1 aliphatic heterocycles. The lowest BCUT2D eigenvalue weighted by Gasteiger charge is -2.27. The zero-order valence-electron chi connectivity index (χ0n) is 12.1. The van der Waals surface area contributed by atoms with Crippen molar-refractivity contribution >= 4 is 6.03 Å². The molecule has 1 aromatic rings. The van der Waals surface area contributed by atoms with Crippen LogP contribution in [0.25, 0.3) is 0 Å². The van der Waals surface area contributed by atoms with E-state index in [-0.39, 0.29) is 23.3 Å². The van der Waals surface area contributed by atoms with Gasteiger partial charge in [0.1, 0.15) is 11.6 Å². The first-order valence-corrected chi connectivity index (χ1v) is 6.82. The minimum absolute atomic E-state index is 0.0248. The Morgan fingerprint density at radius 3 is 2.90 bits per heavy atom. The van der Waals surface area contributed by atoms with Crippen LogP contribution in [0.3, 0.4) is 0 Å². The van der Waals surface area contributed by atoms with Crippen molar-refractivity contribution in [1.82, 2.24) is 10.6 Å². The molecule has 0 bridgehead atoms. The van der Waals surface area contributed by atoms with Crippen molar-refractivity contribution in [3.8, 4) is 5.75 Å². The summed E-state index contributed by atoms with van der Waals surface area (Å²) in [4.78, 5) is 11.9. The number of halogens is 1. The van der Waals surface area contributed by atoms with E-state index < -0.39 is 0 Å². The Morgan fingerprint density at radius 1 is 1.45 bits per heavy atom. The van der Waals surface area contributed by atoms with Crippen molar-refractivity contribution in [2.24, 2.45) is 5.41 Å². The first-order valence-electron chi connectivity index (χ1n) is 6.82. The number of amides is 2. The number of benzene rings is 1. The van der Waals surface area contributed by atoms with Gasteiger partial charge in [0.2, 0.25) is 0 Å². The highest BCUT2D eigenvalue weighted by atomic mass is 19.1. The number of ether oxygens (including phenoxy) is 1. The first-order chi connectivity index (χ1) is 9.35. The Kier molecular flexibility index (Phi) is 4.16. The number of hydrogen-bond donors (Lipinski definition) is 2. The summed E-state index contributed by atoms with van der Waals surface area (Å²) in [5.41, 5.74) is 0.721. The molecular formula is C15H21FN2O2. The van der Waals surface area contributed by atoms with Gasteiger partial charge in [0.15, 0.2) is 0 Å². The number of carbonyl (C=O) groups is 1. The fourth-order valence-corrected chi connectivity index (χ4v) is 2.07. The predicted octanol–water partition coefficient (Wildman–Crippen LogP) is 2.99. The van der Waals surface area contributed by atoms with Crippen molar-refractivity contribution in [2.75, 3.05) is 13.2 Å². The summed E-state index contributed by atoms with van der Waals surface area (Å²) < 4.78 is 18.8. The molecule has 1 heterocycles. The molecule has 1 atom stereocenters. The summed E-state index contributed by atoms with van der Waals surface area (Å²) in [6.45, 7) is 7.24. The third-order valence-corrected chi connectivity index (χ3v) is 3.10. The molecule has 5 heteroatoms. The van der Waals surface area contributed by atoms with E-state index in [1.807, 2.05) is 20.8 Å². The van der Waals surface area contributed by atoms with E-state index in [2.05, 4.69) is 10.6 Å². The third kappa shape index (κ3) is 3.85. The molecule has 2 N–H and O–H groups in total. The van der Waals surface area contributed by atoms with Crippen LogP contribution in [0.4, 0.5) is 9.18 Å². The molecular weight excluding hydrogens is 259 g/mol. The minimum Gasteiger partial charge on any atom is -0.493 e. The van der Waals surface area contributed by atoms with Gasteiger partial charge >= 0.3 is 6.03 Å². The molecule has 1 unspecified atom stereocenters. The fourth-order valence-electron chi connectivity index (χ4n) is 2.07. The molecule has 4 nitrogen and oxygen atoms in total. The van der Waals surface area contributed by atoms with Crippen molar-refractivity contribution < 1.29 is 13.9 Å². The topological polar surface area (TPSA) is 50.4 Å². The Hall–Kier alpha value is -1.78. The van der Waals surface area contributed by atoms with Crippen LogP contribution in [-0.4, -0.2) is 19.2 Å². The molecule has 1 aromatic carbocycles. The Bertz CT molecular complexity index is 497. The molecule has 0 radical (unpaired) electrons. The number of urea groups is 1. The fraction of sp³-hybridized carbons (Fsp3) is 0.533. The first kappa shape index (κ1) is 14.6. The van der Waals surface area contributed by atoms with E-state index in [0.717, 1.165) is 0 Å². The molecule has 0 saturated heterocycles. The van der Waals surface area contributed by atoms with Crippen molar-refractivity contribution in [3.63, 3.8) is 0 Å². The normalized spacial score (nSPS) is 17.9. The lowest BCUT2D eigenvalue weighted by Crippen LogP contribution is -2.42. The lowest BCUT2D eigenvalue weighted by molar-refractivity contribution is 0.219. The lowest BCUT2D eigenvalue weighted by atomic mass is 9.97. The standard InChI is InChI=1S/C15H21FN2O2/c1-15(2,3)9-17-14(19)18-12-6-7-20-13-5-4-10(16)8-11(12)13/h4-5,8,12H,6-7,9H2,1-3H3,(H2,17,18,19). The average Bonchev–Trinajstić information content (AvgIpc) is 2.36. The largest absolute Gasteiger partial charge is 0.493 e. The third-order valence-electron chi connectivity index (χ3n) is 3.10. The minimum atomic E-state index is -0.323. The van der Waals surface area contributed by atoms with Crippen LogP contribution in [-0.2, 0) is 0 Å². The van der Waals surface area contributed by atoms with Gasteiger partial charge in [-0.25, -0.2) is 9.18 Å². The summed E-state index contributed by atoms with van der Waals surface area (Å²) in [5, 5.41) is 5.71. The summed E-state index contributed by atoms with van der Waals surface area (Å²) in [6, 6.07) is 3.94. The van der Waals surface area contributed by atoms with Gasteiger partial charge in [0, 0.05) is 18.5 Å². The molecule has 0 aliphatic carbocycles. The Labute approximate surface area is 118 Å². The molecule has 0 spiro atoms. The predicted molar refractivity (Wildman–Crippen MR) is 75.2 cm³/mol. The molecule has 0 aromatic heterocycles. The molecule has 2 amide bonds. The van der Waals surface area contributed by atoms with Crippen LogP contribution in [0.2, 0.25) is 0 Å². The Balaban J connectivity index is 2.01. The molecule has 110 valence electrons. The van der Waals surface area contributed by atoms with Crippen LogP contribution >= 0.6 is 0 Å². The molecule has 0 saturated carbocycles. The molecule has 2 rings (SSSR count). The van der Waals surface area contributed by atoms with E-state index in [9.17, 15) is 9.18 Å². The van der Waals surface area contributed by atoms with Gasteiger partial charge < -0.3 is 15.4 Å². The second-order valence-electron chi connectivity index (χ2n) is 6.26. The maximum absolute atomic E-state index is 13.3. The number of fused-ring (bicyclic) bond motifs is 1. The van der Waals surface area contributed by atoms with Crippen LogP contribution in [0.15, 0.2) is 18.2 Å². The van der Waals surface area contributed by atoms with Crippen LogP contribution in [0.5, 0.6) is 5.75 Å². The monoisotopic (exact) mass is 280 g/mol. The summed E-state index contributed by atoms with van der Waals surface area (Å²) in [5.74, 6) is 0.315. The Morgan fingerprint density at radius 2 is 2.20 bits per heavy atom. The SMILES string of the molecule is CC(C)(C)CNC(=O)NC1CCOc2ccc(F)cc21. The van der Waals surface area contributed by atoms with Gasteiger partial charge in [0.25, 0.3) is 0 Å². The highest BCUT2D eigenvalue weighted by Crippen LogP contribution is 2.32. The number of hydrogen-bond acceptors (Lipinski definition) is 2. The number of nitrogens with one attached hydrogen (secondary N) is 2. The van der Waals surface area contributed by atoms with Gasteiger partial charge in [-0.2, -0.15) is 0 Å². The maximum Gasteiger partial charge on any atom is 0.315 e. The van der Waals surface area contributed by atoms with Crippen LogP contribution in [0.1, 0.15) is 38.8 Å². The van der Waals surface area contributed by atoms with Gasteiger partial charge in [-0.3, -0.25) is 0 Å². The average molecular weight is 280 g/mol. The van der Waals surface area contributed by atoms with Gasteiger partial charge in [-0.1, -0.05) is 20.8 Å². The molecule has 20 heavy (non-hydrogen) atoms. The smallest absolute Gasteiger partial charge is 0.315 e. The number of carbonyl (C=O) groups excluding carboxylic acids is 1. The van der Waals surface area contributed by atoms with E-state index in [0.29, 0.717) is 30.9 Å². The summed E-state index contributed by atoms with van der Waals surface area (Å²) in [6.07, 6.45) is 0.638. The van der Waals surface area contributed by atoms with Crippen molar-refractivity contribution in [3.05, 3.63) is 29.6 Å². The second-order valence-corrected chi connectivity index (χ2v) is 6.26. The second kappa shape index (κ2) is 5.69. The van der Waals surface area contributed by atoms with Crippen molar-refractivity contribution in [1.29, 1.82) is 0 Å². The van der Waals surface area contributed by atoms with Gasteiger partial charge in [-0.15, -0.1) is 0 Å². The summed E-state index contributed by atoms with van der Waals surface area (Å²) in [7, 11) is 0. The molecule has 0 fully saturated rings.